The van der Waals surface area contributed by atoms with Gasteiger partial charge in [-0.3, -0.25) is 0 Å². The molecule has 0 amide bonds. The molecule has 94 valence electrons. The monoisotopic (exact) mass is 307 g/mol. The first-order valence-corrected chi connectivity index (χ1v) is 6.64. The van der Waals surface area contributed by atoms with Crippen molar-refractivity contribution in [2.75, 3.05) is 7.05 Å². The summed E-state index contributed by atoms with van der Waals surface area (Å²) >= 11 is 3.41. The Hall–Kier alpha value is -1.19. The minimum Gasteiger partial charge on any atom is -0.313 e. The van der Waals surface area contributed by atoms with Gasteiger partial charge in [0.25, 0.3) is 0 Å². The molecule has 2 rings (SSSR count). The van der Waals surface area contributed by atoms with Gasteiger partial charge in [0.05, 0.1) is 0 Å². The zero-order chi connectivity index (χ0) is 13.1. The molecule has 0 heterocycles. The van der Waals surface area contributed by atoms with Gasteiger partial charge in [0.1, 0.15) is 5.82 Å². The molecule has 0 saturated heterocycles. The summed E-state index contributed by atoms with van der Waals surface area (Å²) in [5, 5.41) is 3.19. The first-order valence-electron chi connectivity index (χ1n) is 5.84. The summed E-state index contributed by atoms with van der Waals surface area (Å²) in [6.07, 6.45) is 0. The summed E-state index contributed by atoms with van der Waals surface area (Å²) < 4.78 is 14.5. The van der Waals surface area contributed by atoms with Crippen LogP contribution in [-0.2, 0) is 0 Å². The zero-order valence-electron chi connectivity index (χ0n) is 10.4. The number of rotatable bonds is 3. The van der Waals surface area contributed by atoms with Crippen LogP contribution in [-0.4, -0.2) is 7.05 Å². The van der Waals surface area contributed by atoms with Crippen LogP contribution in [0.15, 0.2) is 46.9 Å². The second-order valence-corrected chi connectivity index (χ2v) is 5.16. The van der Waals surface area contributed by atoms with Crippen LogP contribution >= 0.6 is 15.9 Å². The summed E-state index contributed by atoms with van der Waals surface area (Å²) in [6, 6.07) is 13.0. The van der Waals surface area contributed by atoms with Crippen molar-refractivity contribution < 1.29 is 4.39 Å². The second kappa shape index (κ2) is 5.63. The van der Waals surface area contributed by atoms with Gasteiger partial charge in [0.2, 0.25) is 0 Å². The Bertz CT molecular complexity index is 537. The van der Waals surface area contributed by atoms with Gasteiger partial charge in [-0.05, 0) is 54.9 Å². The van der Waals surface area contributed by atoms with Crippen molar-refractivity contribution in [3.05, 3.63) is 58.3 Å². The van der Waals surface area contributed by atoms with E-state index in [4.69, 9.17) is 0 Å². The molecule has 0 aliphatic rings. The highest BCUT2D eigenvalue weighted by molar-refractivity contribution is 9.10. The first-order chi connectivity index (χ1) is 8.61. The molecule has 0 saturated carbocycles. The van der Waals surface area contributed by atoms with E-state index >= 15 is 0 Å². The average molecular weight is 308 g/mol. The van der Waals surface area contributed by atoms with E-state index in [0.29, 0.717) is 0 Å². The molecule has 0 spiro atoms. The van der Waals surface area contributed by atoms with Crippen molar-refractivity contribution in [1.82, 2.24) is 5.32 Å². The van der Waals surface area contributed by atoms with Crippen LogP contribution < -0.4 is 5.32 Å². The predicted octanol–water partition coefficient (Wildman–Crippen LogP) is 4.54. The van der Waals surface area contributed by atoms with Crippen LogP contribution in [0, 0.1) is 5.82 Å². The predicted molar refractivity (Wildman–Crippen MR) is 77.0 cm³/mol. The number of nitrogens with one attached hydrogen (secondary N) is 1. The Morgan fingerprint density at radius 3 is 2.39 bits per heavy atom. The third kappa shape index (κ3) is 2.79. The van der Waals surface area contributed by atoms with Crippen molar-refractivity contribution in [3.63, 3.8) is 0 Å². The molecule has 2 aromatic rings. The zero-order valence-corrected chi connectivity index (χ0v) is 12.0. The van der Waals surface area contributed by atoms with Gasteiger partial charge in [-0.15, -0.1) is 0 Å². The van der Waals surface area contributed by atoms with E-state index in [0.717, 1.165) is 21.2 Å². The van der Waals surface area contributed by atoms with Crippen molar-refractivity contribution in [3.8, 4) is 11.1 Å². The summed E-state index contributed by atoms with van der Waals surface area (Å²) in [4.78, 5) is 0. The van der Waals surface area contributed by atoms with E-state index in [2.05, 4.69) is 28.2 Å². The van der Waals surface area contributed by atoms with Crippen molar-refractivity contribution in [1.29, 1.82) is 0 Å². The maximum absolute atomic E-state index is 13.4. The number of benzene rings is 2. The van der Waals surface area contributed by atoms with Crippen molar-refractivity contribution >= 4 is 15.9 Å². The molecule has 18 heavy (non-hydrogen) atoms. The molecular weight excluding hydrogens is 293 g/mol. The van der Waals surface area contributed by atoms with E-state index in [-0.39, 0.29) is 11.9 Å². The van der Waals surface area contributed by atoms with Crippen LogP contribution in [0.1, 0.15) is 18.5 Å². The molecule has 1 unspecified atom stereocenters. The van der Waals surface area contributed by atoms with E-state index < -0.39 is 0 Å². The van der Waals surface area contributed by atoms with E-state index in [1.165, 1.54) is 6.07 Å². The van der Waals surface area contributed by atoms with Gasteiger partial charge < -0.3 is 5.32 Å². The topological polar surface area (TPSA) is 12.0 Å². The third-order valence-corrected chi connectivity index (χ3v) is 3.60. The molecule has 0 aliphatic carbocycles. The fourth-order valence-corrected chi connectivity index (χ4v) is 2.21. The second-order valence-electron chi connectivity index (χ2n) is 4.25. The van der Waals surface area contributed by atoms with E-state index in [1.54, 1.807) is 6.07 Å². The minimum atomic E-state index is -0.208. The Kier molecular flexibility index (Phi) is 4.15. The molecule has 1 atom stereocenters. The maximum atomic E-state index is 13.4. The molecule has 0 aliphatic heterocycles. The molecule has 1 N–H and O–H groups in total. The van der Waals surface area contributed by atoms with Gasteiger partial charge >= 0.3 is 0 Å². The van der Waals surface area contributed by atoms with Gasteiger partial charge in [-0.1, -0.05) is 34.1 Å². The molecule has 0 aromatic heterocycles. The van der Waals surface area contributed by atoms with Crippen LogP contribution in [0.25, 0.3) is 11.1 Å². The lowest BCUT2D eigenvalue weighted by Gasteiger charge is -2.16. The lowest BCUT2D eigenvalue weighted by atomic mass is 9.95. The van der Waals surface area contributed by atoms with Crippen LogP contribution in [0.4, 0.5) is 4.39 Å². The van der Waals surface area contributed by atoms with Crippen LogP contribution in [0.3, 0.4) is 0 Å². The average Bonchev–Trinajstić information content (AvgIpc) is 2.38. The molecule has 0 bridgehead atoms. The number of hydrogen-bond acceptors (Lipinski definition) is 1. The summed E-state index contributed by atoms with van der Waals surface area (Å²) in [5.74, 6) is -0.208. The highest BCUT2D eigenvalue weighted by atomic mass is 79.9. The highest BCUT2D eigenvalue weighted by Crippen LogP contribution is 2.29. The third-order valence-electron chi connectivity index (χ3n) is 3.07. The summed E-state index contributed by atoms with van der Waals surface area (Å²) in [5.41, 5.74) is 3.06. The van der Waals surface area contributed by atoms with Gasteiger partial charge in [0.15, 0.2) is 0 Å². The summed E-state index contributed by atoms with van der Waals surface area (Å²) in [6.45, 7) is 2.07. The smallest absolute Gasteiger partial charge is 0.123 e. The Morgan fingerprint density at radius 1 is 1.11 bits per heavy atom. The quantitative estimate of drug-likeness (QED) is 0.878. The molecule has 1 nitrogen and oxygen atoms in total. The van der Waals surface area contributed by atoms with Crippen LogP contribution in [0.5, 0.6) is 0 Å². The molecule has 0 fully saturated rings. The van der Waals surface area contributed by atoms with E-state index in [9.17, 15) is 4.39 Å². The highest BCUT2D eigenvalue weighted by Gasteiger charge is 2.11. The number of halogens is 2. The fraction of sp³-hybridized carbons (Fsp3) is 0.200. The van der Waals surface area contributed by atoms with Gasteiger partial charge in [0, 0.05) is 10.5 Å². The van der Waals surface area contributed by atoms with Crippen molar-refractivity contribution in [2.45, 2.75) is 13.0 Å². The largest absolute Gasteiger partial charge is 0.313 e. The van der Waals surface area contributed by atoms with Gasteiger partial charge in [-0.25, -0.2) is 4.39 Å². The fourth-order valence-electron chi connectivity index (χ4n) is 1.94. The molecule has 3 heteroatoms. The lowest BCUT2D eigenvalue weighted by molar-refractivity contribution is 0.620. The summed E-state index contributed by atoms with van der Waals surface area (Å²) in [7, 11) is 1.90. The van der Waals surface area contributed by atoms with Crippen molar-refractivity contribution in [2.24, 2.45) is 0 Å². The Labute approximate surface area is 115 Å². The molecule has 0 radical (unpaired) electrons. The lowest BCUT2D eigenvalue weighted by Crippen LogP contribution is -2.13. The van der Waals surface area contributed by atoms with Gasteiger partial charge in [-0.2, -0.15) is 0 Å². The maximum Gasteiger partial charge on any atom is 0.123 e. The van der Waals surface area contributed by atoms with E-state index in [1.807, 2.05) is 37.4 Å². The number of hydrogen-bond donors (Lipinski definition) is 1. The molecule has 2 aromatic carbocycles. The Balaban J connectivity index is 2.54. The first kappa shape index (κ1) is 13.2. The standard InChI is InChI=1S/C15H15BrFN/c1-10(18-2)14-8-7-13(17)9-15(14)11-3-5-12(16)6-4-11/h3-10,18H,1-2H3. The SMILES string of the molecule is CNC(C)c1ccc(F)cc1-c1ccc(Br)cc1. The van der Waals surface area contributed by atoms with Crippen LogP contribution in [0.2, 0.25) is 0 Å². The normalized spacial score (nSPS) is 12.4. The minimum absolute atomic E-state index is 0.184. The molecular formula is C15H15BrFN. The Morgan fingerprint density at radius 2 is 1.78 bits per heavy atom.